The van der Waals surface area contributed by atoms with E-state index in [1.165, 1.54) is 128 Å². The lowest BCUT2D eigenvalue weighted by Crippen LogP contribution is -2.68. The number of rotatable bonds is 56. The van der Waals surface area contributed by atoms with Crippen LogP contribution >= 0.6 is 0 Å². The molecule has 4 saturated heterocycles. The zero-order valence-electron chi connectivity index (χ0n) is 59.6. The minimum absolute atomic E-state index is 0.00347. The Kier molecular flexibility index (Phi) is 47.2. The lowest BCUT2D eigenvalue weighted by molar-refractivity contribution is -0.363. The van der Waals surface area contributed by atoms with Crippen LogP contribution in [0.3, 0.4) is 0 Å². The Balaban J connectivity index is 1.49. The van der Waals surface area contributed by atoms with Gasteiger partial charge in [-0.3, -0.25) is 14.4 Å². The second kappa shape index (κ2) is 52.5. The van der Waals surface area contributed by atoms with Crippen molar-refractivity contribution in [1.82, 2.24) is 5.32 Å². The fourth-order valence-electron chi connectivity index (χ4n) is 13.0. The summed E-state index contributed by atoms with van der Waals surface area (Å²) in [4.78, 5) is 40.5. The van der Waals surface area contributed by atoms with E-state index >= 15 is 0 Å². The maximum absolute atomic E-state index is 13.8. The highest BCUT2D eigenvalue weighted by Gasteiger charge is 2.53. The molecule has 4 fully saturated rings. The zero-order chi connectivity index (χ0) is 71.5. The van der Waals surface area contributed by atoms with Gasteiger partial charge in [0, 0.05) is 19.3 Å². The van der Waals surface area contributed by atoms with Crippen molar-refractivity contribution in [1.29, 1.82) is 0 Å². The lowest BCUT2D eigenvalue weighted by Gasteiger charge is -2.47. The molecule has 98 heavy (non-hydrogen) atoms. The van der Waals surface area contributed by atoms with Crippen LogP contribution in [0.4, 0.5) is 0 Å². The smallest absolute Gasteiger partial charge is 0.306 e. The van der Waals surface area contributed by atoms with Crippen LogP contribution in [-0.2, 0) is 61.8 Å². The molecule has 576 valence electrons. The quantitative estimate of drug-likeness (QED) is 0.0241. The van der Waals surface area contributed by atoms with Crippen molar-refractivity contribution in [3.8, 4) is 0 Å². The van der Waals surface area contributed by atoms with Gasteiger partial charge in [0.2, 0.25) is 5.91 Å². The van der Waals surface area contributed by atoms with Crippen molar-refractivity contribution in [2.24, 2.45) is 0 Å². The number of aliphatic hydroxyl groups excluding tert-OH is 12. The van der Waals surface area contributed by atoms with E-state index in [9.17, 15) is 75.7 Å². The Morgan fingerprint density at radius 3 is 1.10 bits per heavy atom. The number of hydrogen-bond donors (Lipinski definition) is 13. The number of aliphatic hydroxyl groups is 12. The SMILES string of the molecule is CCCCCCCCCCCCCCC(=O)NC1C(OC2C(OCC(COC(=O)CCCCCCCCCCCCCC)OC(=O)CCCCCCCCCCCCCC)OC(CO)C(O)C2O)OC(COC2OC(COC3OC(CO)C(O)C(O)C3O)C(O)C(O)C2O)C(O)C1O. The van der Waals surface area contributed by atoms with Crippen LogP contribution < -0.4 is 5.32 Å². The maximum Gasteiger partial charge on any atom is 0.306 e. The molecular formula is C72H133NO25. The standard InChI is InChI=1S/C72H133NO25/c1-4-7-10-13-16-19-22-25-28-31-34-37-40-54(76)73-57-62(83)60(81)52(47-92-71-67(88)64(85)61(82)53(97-71)48-91-70-66(87)63(84)58(79)50(43-74)94-70)96-69(57)98-68-65(86)59(80)51(44-75)95-72(68)90-46-49(93-56(78)42-39-36-33-30-27-24-21-18-15-12-9-6-3)45-89-55(77)41-38-35-32-29-26-23-20-17-14-11-8-5-2/h49-53,57-72,74-75,79-88H,4-48H2,1-3H3,(H,73,76). The Morgan fingerprint density at radius 1 is 0.347 bits per heavy atom. The molecule has 21 unspecified atom stereocenters. The van der Waals surface area contributed by atoms with Gasteiger partial charge in [-0.2, -0.15) is 0 Å². The van der Waals surface area contributed by atoms with Crippen molar-refractivity contribution in [3.63, 3.8) is 0 Å². The van der Waals surface area contributed by atoms with Gasteiger partial charge in [-0.15, -0.1) is 0 Å². The summed E-state index contributed by atoms with van der Waals surface area (Å²) >= 11 is 0. The molecule has 4 aliphatic heterocycles. The van der Waals surface area contributed by atoms with Crippen LogP contribution in [0.1, 0.15) is 271 Å². The van der Waals surface area contributed by atoms with Gasteiger partial charge in [0.15, 0.2) is 31.3 Å². The fourth-order valence-corrected chi connectivity index (χ4v) is 13.0. The average molecular weight is 1410 g/mol. The number of hydrogen-bond acceptors (Lipinski definition) is 25. The molecule has 4 rings (SSSR count). The minimum atomic E-state index is -1.97. The largest absolute Gasteiger partial charge is 0.462 e. The number of carbonyl (C=O) groups excluding carboxylic acids is 3. The number of carbonyl (C=O) groups is 3. The first kappa shape index (κ1) is 88.0. The molecule has 0 spiro atoms. The van der Waals surface area contributed by atoms with Crippen LogP contribution in [-0.4, -0.2) is 248 Å². The van der Waals surface area contributed by atoms with Crippen molar-refractivity contribution in [2.75, 3.05) is 39.6 Å². The highest BCUT2D eigenvalue weighted by atomic mass is 16.8. The van der Waals surface area contributed by atoms with E-state index in [2.05, 4.69) is 26.1 Å². The van der Waals surface area contributed by atoms with Gasteiger partial charge in [0.05, 0.1) is 33.0 Å². The van der Waals surface area contributed by atoms with E-state index in [4.69, 9.17) is 47.4 Å². The Morgan fingerprint density at radius 2 is 0.684 bits per heavy atom. The fraction of sp³-hybridized carbons (Fsp3) is 0.958. The van der Waals surface area contributed by atoms with Gasteiger partial charge in [-0.25, -0.2) is 0 Å². The molecule has 0 saturated carbocycles. The van der Waals surface area contributed by atoms with Gasteiger partial charge in [0.1, 0.15) is 104 Å². The summed E-state index contributed by atoms with van der Waals surface area (Å²) in [6, 6.07) is -1.61. The summed E-state index contributed by atoms with van der Waals surface area (Å²) in [6.07, 6.45) is 4.62. The van der Waals surface area contributed by atoms with E-state index in [0.717, 1.165) is 83.5 Å². The number of amides is 1. The molecule has 0 bridgehead atoms. The molecule has 0 aromatic heterocycles. The van der Waals surface area contributed by atoms with Crippen molar-refractivity contribution >= 4 is 17.8 Å². The first-order valence-electron chi connectivity index (χ1n) is 38.2. The van der Waals surface area contributed by atoms with E-state index < -0.39 is 186 Å². The third-order valence-corrected chi connectivity index (χ3v) is 19.4. The van der Waals surface area contributed by atoms with Gasteiger partial charge in [0.25, 0.3) is 0 Å². The molecule has 4 aliphatic rings. The third kappa shape index (κ3) is 33.2. The molecule has 4 heterocycles. The number of unbranched alkanes of at least 4 members (excludes halogenated alkanes) is 33. The average Bonchev–Trinajstić information content (AvgIpc) is 0.804. The number of esters is 2. The summed E-state index contributed by atoms with van der Waals surface area (Å²) in [7, 11) is 0. The molecule has 13 N–H and O–H groups in total. The van der Waals surface area contributed by atoms with Crippen LogP contribution in [0.2, 0.25) is 0 Å². The summed E-state index contributed by atoms with van der Waals surface area (Å²) in [5.41, 5.74) is 0. The van der Waals surface area contributed by atoms with Gasteiger partial charge < -0.3 is 114 Å². The Hall–Kier alpha value is -2.39. The molecule has 0 aliphatic carbocycles. The topological polar surface area (TPSA) is 398 Å². The van der Waals surface area contributed by atoms with E-state index in [0.29, 0.717) is 19.3 Å². The van der Waals surface area contributed by atoms with Crippen molar-refractivity contribution in [2.45, 2.75) is 400 Å². The third-order valence-electron chi connectivity index (χ3n) is 19.4. The predicted molar refractivity (Wildman–Crippen MR) is 361 cm³/mol. The molecule has 21 atom stereocenters. The second-order valence-corrected chi connectivity index (χ2v) is 27.8. The number of ether oxygens (including phenoxy) is 10. The summed E-state index contributed by atoms with van der Waals surface area (Å²) in [5, 5.41) is 133. The zero-order valence-corrected chi connectivity index (χ0v) is 59.6. The van der Waals surface area contributed by atoms with Gasteiger partial charge >= 0.3 is 11.9 Å². The van der Waals surface area contributed by atoms with E-state index in [-0.39, 0.29) is 19.3 Å². The normalized spacial score (nSPS) is 30.9. The number of nitrogens with one attached hydrogen (secondary N) is 1. The second-order valence-electron chi connectivity index (χ2n) is 27.8. The monoisotopic (exact) mass is 1410 g/mol. The molecular weight excluding hydrogens is 1280 g/mol. The molecule has 26 nitrogen and oxygen atoms in total. The highest BCUT2D eigenvalue weighted by molar-refractivity contribution is 5.76. The first-order chi connectivity index (χ1) is 47.4. The van der Waals surface area contributed by atoms with Crippen molar-refractivity contribution < 1.29 is 123 Å². The summed E-state index contributed by atoms with van der Waals surface area (Å²) < 4.78 is 59.0. The molecule has 0 aromatic carbocycles. The summed E-state index contributed by atoms with van der Waals surface area (Å²) in [6.45, 7) is 2.64. The van der Waals surface area contributed by atoms with Crippen LogP contribution in [0.25, 0.3) is 0 Å². The van der Waals surface area contributed by atoms with Crippen molar-refractivity contribution in [3.05, 3.63) is 0 Å². The first-order valence-corrected chi connectivity index (χ1v) is 38.2. The lowest BCUT2D eigenvalue weighted by atomic mass is 9.95. The maximum atomic E-state index is 13.8. The van der Waals surface area contributed by atoms with Crippen LogP contribution in [0.5, 0.6) is 0 Å². The Bertz CT molecular complexity index is 2020. The summed E-state index contributed by atoms with van der Waals surface area (Å²) in [5.74, 6) is -1.64. The molecule has 0 aromatic rings. The van der Waals surface area contributed by atoms with Crippen LogP contribution in [0.15, 0.2) is 0 Å². The molecule has 0 radical (unpaired) electrons. The van der Waals surface area contributed by atoms with Gasteiger partial charge in [-0.05, 0) is 19.3 Å². The van der Waals surface area contributed by atoms with E-state index in [1.807, 2.05) is 0 Å². The van der Waals surface area contributed by atoms with E-state index in [1.54, 1.807) is 0 Å². The van der Waals surface area contributed by atoms with Gasteiger partial charge in [-0.1, -0.05) is 233 Å². The predicted octanol–water partition coefficient (Wildman–Crippen LogP) is 6.13. The molecule has 1 amide bonds. The van der Waals surface area contributed by atoms with Crippen LogP contribution in [0, 0.1) is 0 Å². The Labute approximate surface area is 583 Å². The molecule has 26 heteroatoms. The highest BCUT2D eigenvalue weighted by Crippen LogP contribution is 2.33. The minimum Gasteiger partial charge on any atom is -0.462 e.